The van der Waals surface area contributed by atoms with Gasteiger partial charge in [-0.3, -0.25) is 0 Å². The molecule has 26 heavy (non-hydrogen) atoms. The van der Waals surface area contributed by atoms with Crippen molar-refractivity contribution in [1.29, 1.82) is 0 Å². The van der Waals surface area contributed by atoms with Gasteiger partial charge in [0.05, 0.1) is 0 Å². The van der Waals surface area contributed by atoms with Gasteiger partial charge in [-0.15, -0.1) is 0 Å². The lowest BCUT2D eigenvalue weighted by Gasteiger charge is -2.49. The molecule has 146 valence electrons. The first-order valence-electron chi connectivity index (χ1n) is 10.5. The van der Waals surface area contributed by atoms with Gasteiger partial charge >= 0.3 is 0 Å². The summed E-state index contributed by atoms with van der Waals surface area (Å²) in [5.41, 5.74) is 2.14. The lowest BCUT2D eigenvalue weighted by molar-refractivity contribution is -0.0178. The number of hydrogen-bond donors (Lipinski definition) is 1. The summed E-state index contributed by atoms with van der Waals surface area (Å²) in [4.78, 5) is 2.30. The van der Waals surface area contributed by atoms with E-state index in [4.69, 9.17) is 4.74 Å². The maximum Gasteiger partial charge on any atom is 0.127 e. The topological polar surface area (TPSA) is 32.7 Å². The van der Waals surface area contributed by atoms with E-state index in [1.165, 1.54) is 37.7 Å². The summed E-state index contributed by atoms with van der Waals surface area (Å²) >= 11 is 0. The smallest absolute Gasteiger partial charge is 0.127 e. The fraction of sp³-hybridized carbons (Fsp3) is 0.739. The number of rotatable bonds is 6. The van der Waals surface area contributed by atoms with Crippen molar-refractivity contribution in [2.45, 2.75) is 77.2 Å². The van der Waals surface area contributed by atoms with Gasteiger partial charge in [0.2, 0.25) is 0 Å². The van der Waals surface area contributed by atoms with Gasteiger partial charge in [-0.05, 0) is 89.6 Å². The first kappa shape index (κ1) is 19.5. The quantitative estimate of drug-likeness (QED) is 0.694. The second-order valence-corrected chi connectivity index (χ2v) is 9.34. The van der Waals surface area contributed by atoms with Crippen LogP contribution in [0.1, 0.15) is 76.3 Å². The third-order valence-corrected chi connectivity index (χ3v) is 6.47. The van der Waals surface area contributed by atoms with Crippen molar-refractivity contribution in [3.05, 3.63) is 23.3 Å². The number of hydrogen-bond acceptors (Lipinski definition) is 3. The standard InChI is InChI=1S/C23H37NO2/c1-6-7-8-9-16-13-20(25)22-18-12-17(15-24(4)5)10-11-19(18)23(2,3)26-21(22)14-16/h13-14,17-19,25H,6-12,15H2,1-5H3/t17?,18?,19-/m1/s1. The van der Waals surface area contributed by atoms with Gasteiger partial charge in [-0.2, -0.15) is 0 Å². The monoisotopic (exact) mass is 359 g/mol. The molecule has 1 aromatic rings. The molecule has 1 fully saturated rings. The molecule has 1 saturated carbocycles. The molecular formula is C23H37NO2. The fourth-order valence-electron chi connectivity index (χ4n) is 5.30. The highest BCUT2D eigenvalue weighted by Crippen LogP contribution is 2.55. The van der Waals surface area contributed by atoms with Crippen molar-refractivity contribution in [3.63, 3.8) is 0 Å². The highest BCUT2D eigenvalue weighted by molar-refractivity contribution is 5.52. The molecule has 1 N–H and O–H groups in total. The highest BCUT2D eigenvalue weighted by Gasteiger charge is 2.47. The van der Waals surface area contributed by atoms with Crippen molar-refractivity contribution in [2.24, 2.45) is 11.8 Å². The Hall–Kier alpha value is -1.22. The summed E-state index contributed by atoms with van der Waals surface area (Å²) in [5.74, 6) is 3.01. The largest absolute Gasteiger partial charge is 0.508 e. The number of phenolic OH excluding ortho intramolecular Hbond substituents is 1. The molecule has 3 atom stereocenters. The van der Waals surface area contributed by atoms with E-state index >= 15 is 0 Å². The minimum absolute atomic E-state index is 0.158. The van der Waals surface area contributed by atoms with Gasteiger partial charge in [0.1, 0.15) is 17.1 Å². The molecular weight excluding hydrogens is 322 g/mol. The van der Waals surface area contributed by atoms with Crippen LogP contribution in [0.3, 0.4) is 0 Å². The Kier molecular flexibility index (Phi) is 5.86. The molecule has 3 rings (SSSR count). The van der Waals surface area contributed by atoms with Crippen LogP contribution >= 0.6 is 0 Å². The normalized spacial score (nSPS) is 26.9. The maximum atomic E-state index is 10.9. The van der Waals surface area contributed by atoms with Crippen molar-refractivity contribution in [3.8, 4) is 11.5 Å². The summed E-state index contributed by atoms with van der Waals surface area (Å²) in [5, 5.41) is 10.9. The fourth-order valence-corrected chi connectivity index (χ4v) is 5.30. The SMILES string of the molecule is CCCCCc1cc(O)c2c(c1)OC(C)(C)[C@@H]1CCC(CN(C)C)CC21. The van der Waals surface area contributed by atoms with Gasteiger partial charge in [0.25, 0.3) is 0 Å². The van der Waals surface area contributed by atoms with Crippen molar-refractivity contribution >= 4 is 0 Å². The van der Waals surface area contributed by atoms with Crippen LogP contribution in [0, 0.1) is 11.8 Å². The summed E-state index contributed by atoms with van der Waals surface area (Å²) in [7, 11) is 4.32. The van der Waals surface area contributed by atoms with Crippen LogP contribution in [0.2, 0.25) is 0 Å². The van der Waals surface area contributed by atoms with Gasteiger partial charge in [-0.25, -0.2) is 0 Å². The van der Waals surface area contributed by atoms with Crippen LogP contribution in [-0.4, -0.2) is 36.2 Å². The molecule has 1 aliphatic heterocycles. The summed E-state index contributed by atoms with van der Waals surface area (Å²) in [6, 6.07) is 4.21. The Morgan fingerprint density at radius 3 is 2.65 bits per heavy atom. The number of aryl methyl sites for hydroxylation is 1. The Morgan fingerprint density at radius 1 is 1.19 bits per heavy atom. The molecule has 0 amide bonds. The van der Waals surface area contributed by atoms with E-state index in [9.17, 15) is 5.11 Å². The van der Waals surface area contributed by atoms with Crippen LogP contribution in [0.25, 0.3) is 0 Å². The Balaban J connectivity index is 1.89. The van der Waals surface area contributed by atoms with E-state index in [1.807, 2.05) is 6.07 Å². The summed E-state index contributed by atoms with van der Waals surface area (Å²) < 4.78 is 6.46. The lowest BCUT2D eigenvalue weighted by atomic mass is 9.63. The van der Waals surface area contributed by atoms with E-state index in [0.29, 0.717) is 23.5 Å². The van der Waals surface area contributed by atoms with Crippen LogP contribution in [0.15, 0.2) is 12.1 Å². The predicted molar refractivity (Wildman–Crippen MR) is 108 cm³/mol. The Labute approximate surface area is 159 Å². The maximum absolute atomic E-state index is 10.9. The van der Waals surface area contributed by atoms with Crippen LogP contribution in [0.4, 0.5) is 0 Å². The number of aromatic hydroxyl groups is 1. The third-order valence-electron chi connectivity index (χ3n) is 6.47. The second-order valence-electron chi connectivity index (χ2n) is 9.34. The van der Waals surface area contributed by atoms with E-state index in [2.05, 4.69) is 45.8 Å². The van der Waals surface area contributed by atoms with E-state index < -0.39 is 0 Å². The molecule has 0 radical (unpaired) electrons. The van der Waals surface area contributed by atoms with E-state index in [0.717, 1.165) is 30.7 Å². The van der Waals surface area contributed by atoms with Crippen LogP contribution < -0.4 is 4.74 Å². The molecule has 0 spiro atoms. The molecule has 3 nitrogen and oxygen atoms in total. The Morgan fingerprint density at radius 2 is 1.96 bits per heavy atom. The van der Waals surface area contributed by atoms with Gasteiger partial charge < -0.3 is 14.7 Å². The molecule has 1 aromatic carbocycles. The van der Waals surface area contributed by atoms with Gasteiger partial charge in [0.15, 0.2) is 0 Å². The summed E-state index contributed by atoms with van der Waals surface area (Å²) in [6.45, 7) is 7.83. The zero-order chi connectivity index (χ0) is 18.9. The van der Waals surface area contributed by atoms with Crippen molar-refractivity contribution < 1.29 is 9.84 Å². The molecule has 0 saturated heterocycles. The number of nitrogens with zero attached hydrogens (tertiary/aromatic N) is 1. The molecule has 0 bridgehead atoms. The lowest BCUT2D eigenvalue weighted by Crippen LogP contribution is -2.47. The number of phenols is 1. The molecule has 3 heteroatoms. The summed E-state index contributed by atoms with van der Waals surface area (Å²) in [6.07, 6.45) is 8.26. The number of ether oxygens (including phenoxy) is 1. The molecule has 0 aromatic heterocycles. The second kappa shape index (κ2) is 7.80. The van der Waals surface area contributed by atoms with Gasteiger partial charge in [0, 0.05) is 18.0 Å². The van der Waals surface area contributed by atoms with Gasteiger partial charge in [-0.1, -0.05) is 19.8 Å². The highest BCUT2D eigenvalue weighted by atomic mass is 16.5. The molecule has 2 aliphatic rings. The predicted octanol–water partition coefficient (Wildman–Crippen LogP) is 5.36. The first-order chi connectivity index (χ1) is 12.3. The first-order valence-corrected chi connectivity index (χ1v) is 10.5. The average molecular weight is 360 g/mol. The van der Waals surface area contributed by atoms with Crippen molar-refractivity contribution in [2.75, 3.05) is 20.6 Å². The Bertz CT molecular complexity index is 623. The van der Waals surface area contributed by atoms with Crippen LogP contribution in [0.5, 0.6) is 11.5 Å². The minimum atomic E-state index is -0.158. The number of benzene rings is 1. The number of fused-ring (bicyclic) bond motifs is 3. The third kappa shape index (κ3) is 4.03. The molecule has 2 unspecified atom stereocenters. The van der Waals surface area contributed by atoms with Crippen molar-refractivity contribution in [1.82, 2.24) is 4.90 Å². The average Bonchev–Trinajstić information content (AvgIpc) is 2.53. The van der Waals surface area contributed by atoms with E-state index in [1.54, 1.807) is 0 Å². The number of unbranched alkanes of at least 4 members (excludes halogenated alkanes) is 2. The molecule has 1 aliphatic carbocycles. The van der Waals surface area contributed by atoms with Crippen LogP contribution in [-0.2, 0) is 6.42 Å². The zero-order valence-electron chi connectivity index (χ0n) is 17.3. The minimum Gasteiger partial charge on any atom is -0.508 e. The zero-order valence-corrected chi connectivity index (χ0v) is 17.3. The molecule has 1 heterocycles. The van der Waals surface area contributed by atoms with E-state index in [-0.39, 0.29) is 5.60 Å².